The maximum atomic E-state index is 11.5. The Morgan fingerprint density at radius 2 is 2.00 bits per heavy atom. The van der Waals surface area contributed by atoms with Gasteiger partial charge in [-0.1, -0.05) is 20.3 Å². The van der Waals surface area contributed by atoms with Crippen molar-refractivity contribution in [2.24, 2.45) is 5.92 Å². The van der Waals surface area contributed by atoms with Gasteiger partial charge < -0.3 is 5.32 Å². The van der Waals surface area contributed by atoms with Crippen LogP contribution >= 0.6 is 0 Å². The summed E-state index contributed by atoms with van der Waals surface area (Å²) in [5, 5.41) is 3.10. The monoisotopic (exact) mass is 234 g/mol. The van der Waals surface area contributed by atoms with E-state index in [0.29, 0.717) is 25.0 Å². The summed E-state index contributed by atoms with van der Waals surface area (Å²) < 4.78 is 25.7. The summed E-state index contributed by atoms with van der Waals surface area (Å²) in [6.07, 6.45) is 3.60. The van der Waals surface area contributed by atoms with Gasteiger partial charge in [0.05, 0.1) is 5.75 Å². The lowest BCUT2D eigenvalue weighted by molar-refractivity contribution is 0.316. The van der Waals surface area contributed by atoms with E-state index in [1.807, 2.05) is 13.8 Å². The third-order valence-electron chi connectivity index (χ3n) is 2.74. The summed E-state index contributed by atoms with van der Waals surface area (Å²) >= 11 is 0. The molecule has 0 aliphatic heterocycles. The van der Waals surface area contributed by atoms with Crippen LogP contribution in [0.3, 0.4) is 0 Å². The second-order valence-corrected chi connectivity index (χ2v) is 6.50. The van der Waals surface area contributed by atoms with Crippen molar-refractivity contribution in [2.75, 3.05) is 18.8 Å². The highest BCUT2D eigenvalue weighted by atomic mass is 32.2. The average molecular weight is 234 g/mol. The number of nitrogens with one attached hydrogen (secondary N) is 2. The van der Waals surface area contributed by atoms with Gasteiger partial charge in [0.2, 0.25) is 10.0 Å². The summed E-state index contributed by atoms with van der Waals surface area (Å²) in [5.74, 6) is 0.760. The van der Waals surface area contributed by atoms with E-state index in [2.05, 4.69) is 10.0 Å². The first-order chi connectivity index (χ1) is 6.99. The van der Waals surface area contributed by atoms with Gasteiger partial charge in [0.25, 0.3) is 0 Å². The Hall–Kier alpha value is -0.130. The van der Waals surface area contributed by atoms with Crippen molar-refractivity contribution in [3.05, 3.63) is 0 Å². The lowest BCUT2D eigenvalue weighted by Crippen LogP contribution is -2.37. The Morgan fingerprint density at radius 3 is 2.47 bits per heavy atom. The fraction of sp³-hybridized carbons (Fsp3) is 1.00. The van der Waals surface area contributed by atoms with Crippen molar-refractivity contribution in [1.82, 2.24) is 10.0 Å². The molecule has 1 rings (SSSR count). The molecule has 0 aromatic carbocycles. The molecule has 5 heteroatoms. The maximum Gasteiger partial charge on any atom is 0.212 e. The van der Waals surface area contributed by atoms with Crippen molar-refractivity contribution in [3.63, 3.8) is 0 Å². The van der Waals surface area contributed by atoms with E-state index in [1.54, 1.807) is 0 Å². The normalized spacial score (nSPS) is 18.1. The van der Waals surface area contributed by atoms with E-state index in [0.717, 1.165) is 0 Å². The lowest BCUT2D eigenvalue weighted by atomic mass is 9.86. The zero-order chi connectivity index (χ0) is 11.3. The van der Waals surface area contributed by atoms with Crippen molar-refractivity contribution in [2.45, 2.75) is 39.2 Å². The molecule has 1 aliphatic rings. The Labute approximate surface area is 92.9 Å². The first kappa shape index (κ1) is 12.9. The molecule has 1 aliphatic carbocycles. The van der Waals surface area contributed by atoms with Crippen molar-refractivity contribution in [1.29, 1.82) is 0 Å². The van der Waals surface area contributed by atoms with Gasteiger partial charge in [-0.2, -0.15) is 0 Å². The molecule has 1 saturated carbocycles. The fourth-order valence-corrected chi connectivity index (χ4v) is 2.52. The van der Waals surface area contributed by atoms with E-state index in [1.165, 1.54) is 19.3 Å². The van der Waals surface area contributed by atoms with Gasteiger partial charge in [-0.05, 0) is 18.8 Å². The summed E-state index contributed by atoms with van der Waals surface area (Å²) in [6.45, 7) is 5.17. The number of hydrogen-bond acceptors (Lipinski definition) is 3. The van der Waals surface area contributed by atoms with Crippen LogP contribution in [0.5, 0.6) is 0 Å². The molecule has 15 heavy (non-hydrogen) atoms. The average Bonchev–Trinajstić information content (AvgIpc) is 1.99. The van der Waals surface area contributed by atoms with Gasteiger partial charge in [0.15, 0.2) is 0 Å². The van der Waals surface area contributed by atoms with E-state index < -0.39 is 10.0 Å². The van der Waals surface area contributed by atoms with Crippen LogP contribution in [0.1, 0.15) is 33.1 Å². The Bertz CT molecular complexity index is 271. The highest BCUT2D eigenvalue weighted by Crippen LogP contribution is 2.25. The van der Waals surface area contributed by atoms with Crippen molar-refractivity contribution in [3.8, 4) is 0 Å². The smallest absolute Gasteiger partial charge is 0.212 e. The zero-order valence-electron chi connectivity index (χ0n) is 9.62. The third-order valence-corrected chi connectivity index (χ3v) is 4.09. The van der Waals surface area contributed by atoms with Crippen LogP contribution in [0, 0.1) is 5.92 Å². The van der Waals surface area contributed by atoms with Crippen LogP contribution in [0.2, 0.25) is 0 Å². The molecule has 2 N–H and O–H groups in total. The maximum absolute atomic E-state index is 11.5. The molecular weight excluding hydrogens is 212 g/mol. The molecule has 0 atom stereocenters. The summed E-state index contributed by atoms with van der Waals surface area (Å²) in [6, 6.07) is 0.340. The molecule has 0 heterocycles. The molecule has 4 nitrogen and oxygen atoms in total. The van der Waals surface area contributed by atoms with Crippen molar-refractivity contribution >= 4 is 10.0 Å². The topological polar surface area (TPSA) is 58.2 Å². The largest absolute Gasteiger partial charge is 0.313 e. The molecule has 90 valence electrons. The summed E-state index contributed by atoms with van der Waals surface area (Å²) in [4.78, 5) is 0. The molecule has 0 aromatic heterocycles. The van der Waals surface area contributed by atoms with E-state index in [4.69, 9.17) is 0 Å². The number of rotatable bonds is 7. The molecule has 0 spiro atoms. The van der Waals surface area contributed by atoms with E-state index in [-0.39, 0.29) is 5.75 Å². The zero-order valence-corrected chi connectivity index (χ0v) is 10.4. The van der Waals surface area contributed by atoms with Gasteiger partial charge >= 0.3 is 0 Å². The fourth-order valence-electron chi connectivity index (χ4n) is 1.50. The van der Waals surface area contributed by atoms with Crippen LogP contribution in [0.15, 0.2) is 0 Å². The number of hydrogen-bond donors (Lipinski definition) is 2. The minimum absolute atomic E-state index is 0.178. The minimum atomic E-state index is -3.06. The molecule has 0 radical (unpaired) electrons. The van der Waals surface area contributed by atoms with Crippen LogP contribution in [-0.2, 0) is 10.0 Å². The first-order valence-corrected chi connectivity index (χ1v) is 7.35. The molecule has 0 bridgehead atoms. The Morgan fingerprint density at radius 1 is 1.33 bits per heavy atom. The summed E-state index contributed by atoms with van der Waals surface area (Å²) in [7, 11) is -3.06. The molecule has 0 aromatic rings. The lowest BCUT2D eigenvalue weighted by Gasteiger charge is -2.25. The predicted octanol–water partition coefficient (Wildman–Crippen LogP) is 0.704. The van der Waals surface area contributed by atoms with Gasteiger partial charge in [-0.25, -0.2) is 13.1 Å². The molecular formula is C10H22N2O2S. The van der Waals surface area contributed by atoms with Gasteiger partial charge in [0.1, 0.15) is 0 Å². The predicted molar refractivity (Wildman–Crippen MR) is 62.3 cm³/mol. The molecule has 0 unspecified atom stereocenters. The van der Waals surface area contributed by atoms with Gasteiger partial charge in [0, 0.05) is 19.1 Å². The number of sulfonamides is 1. The van der Waals surface area contributed by atoms with Crippen LogP contribution in [0.25, 0.3) is 0 Å². The van der Waals surface area contributed by atoms with E-state index in [9.17, 15) is 8.42 Å². The second kappa shape index (κ2) is 5.82. The second-order valence-electron chi connectivity index (χ2n) is 4.57. The SMILES string of the molecule is CC(C)NCCS(=O)(=O)NCC1CCC1. The van der Waals surface area contributed by atoms with Crippen molar-refractivity contribution < 1.29 is 8.42 Å². The third kappa shape index (κ3) is 5.49. The van der Waals surface area contributed by atoms with E-state index >= 15 is 0 Å². The van der Waals surface area contributed by atoms with Gasteiger partial charge in [-0.15, -0.1) is 0 Å². The Balaban J connectivity index is 2.13. The highest BCUT2D eigenvalue weighted by molar-refractivity contribution is 7.89. The van der Waals surface area contributed by atoms with Crippen LogP contribution in [0.4, 0.5) is 0 Å². The first-order valence-electron chi connectivity index (χ1n) is 5.70. The van der Waals surface area contributed by atoms with Crippen LogP contribution < -0.4 is 10.0 Å². The standard InChI is InChI=1S/C10H22N2O2S/c1-9(2)11-6-7-15(13,14)12-8-10-4-3-5-10/h9-12H,3-8H2,1-2H3. The Kier molecular flexibility index (Phi) is 5.02. The quantitative estimate of drug-likeness (QED) is 0.682. The summed E-state index contributed by atoms with van der Waals surface area (Å²) in [5.41, 5.74) is 0. The highest BCUT2D eigenvalue weighted by Gasteiger charge is 2.19. The molecule has 0 amide bonds. The minimum Gasteiger partial charge on any atom is -0.313 e. The van der Waals surface area contributed by atoms with Gasteiger partial charge in [-0.3, -0.25) is 0 Å². The van der Waals surface area contributed by atoms with Crippen LogP contribution in [-0.4, -0.2) is 33.3 Å². The molecule has 0 saturated heterocycles. The molecule has 1 fully saturated rings.